The molecule has 3 N–H and O–H groups in total. The maximum absolute atomic E-state index is 12.9. The summed E-state index contributed by atoms with van der Waals surface area (Å²) in [5.74, 6) is -1.83. The van der Waals surface area contributed by atoms with Gasteiger partial charge >= 0.3 is 0 Å². The smallest absolute Gasteiger partial charge is 0.278 e. The fraction of sp³-hybridized carbons (Fsp3) is 0.350. The van der Waals surface area contributed by atoms with Gasteiger partial charge in [-0.15, -0.1) is 11.8 Å². The average molecular weight is 520 g/mol. The minimum absolute atomic E-state index is 0.0347. The van der Waals surface area contributed by atoms with Crippen LogP contribution in [0.1, 0.15) is 12.7 Å². The number of β-lactam (4-membered cyclic amide) rings is 1. The molecule has 2 aromatic rings. The van der Waals surface area contributed by atoms with Gasteiger partial charge in [-0.2, -0.15) is 9.36 Å². The van der Waals surface area contributed by atoms with Crippen molar-refractivity contribution < 1.29 is 33.6 Å². The highest BCUT2D eigenvalue weighted by molar-refractivity contribution is 8.00. The van der Waals surface area contributed by atoms with Crippen molar-refractivity contribution in [1.29, 1.82) is 0 Å². The van der Waals surface area contributed by atoms with Crippen molar-refractivity contribution in [3.63, 3.8) is 0 Å². The zero-order valence-electron chi connectivity index (χ0n) is 18.7. The number of aliphatic carboxylic acids is 1. The van der Waals surface area contributed by atoms with Crippen LogP contribution in [-0.2, 0) is 25.8 Å². The third-order valence-electron chi connectivity index (χ3n) is 5.15. The number of oxime groups is 1. The molecule has 4 rings (SSSR count). The lowest BCUT2D eigenvalue weighted by molar-refractivity contribution is -0.689. The number of anilines is 1. The van der Waals surface area contributed by atoms with Crippen LogP contribution in [0.2, 0.25) is 0 Å². The summed E-state index contributed by atoms with van der Waals surface area (Å²) in [5.41, 5.74) is 5.69. The monoisotopic (exact) mass is 519 g/mol. The number of nitrogens with one attached hydrogen (secondary N) is 1. The van der Waals surface area contributed by atoms with Crippen LogP contribution in [0.15, 0.2) is 41.0 Å². The molecule has 1 fully saturated rings. The maximum Gasteiger partial charge on any atom is 0.278 e. The molecule has 2 amide bonds. The number of methoxy groups -OCH3 is 1. The molecule has 13 nitrogen and oxygen atoms in total. The highest BCUT2D eigenvalue weighted by atomic mass is 32.2. The molecule has 0 saturated carbocycles. The number of aromatic nitrogens is 3. The second kappa shape index (κ2) is 10.3. The molecule has 1 saturated heterocycles. The molecule has 15 heteroatoms. The summed E-state index contributed by atoms with van der Waals surface area (Å²) < 4.78 is 10.9. The Morgan fingerprint density at radius 3 is 2.74 bits per heavy atom. The molecule has 0 bridgehead atoms. The molecule has 0 aromatic carbocycles. The summed E-state index contributed by atoms with van der Waals surface area (Å²) in [5, 5.41) is 17.8. The predicted octanol–water partition coefficient (Wildman–Crippen LogP) is -1.74. The quantitative estimate of drug-likeness (QED) is 0.167. The number of fused-ring (bicyclic) bond motifs is 1. The van der Waals surface area contributed by atoms with Crippen molar-refractivity contribution in [3.05, 3.63) is 41.6 Å². The second-order valence-electron chi connectivity index (χ2n) is 7.32. The van der Waals surface area contributed by atoms with E-state index in [9.17, 15) is 19.5 Å². The van der Waals surface area contributed by atoms with Crippen molar-refractivity contribution in [2.45, 2.75) is 24.9 Å². The minimum atomic E-state index is -1.46. The molecule has 35 heavy (non-hydrogen) atoms. The van der Waals surface area contributed by atoms with Gasteiger partial charge in [0.15, 0.2) is 24.1 Å². The first kappa shape index (κ1) is 24.4. The normalized spacial score (nSPS) is 19.7. The van der Waals surface area contributed by atoms with Crippen LogP contribution in [0.5, 0.6) is 5.75 Å². The van der Waals surface area contributed by atoms with Gasteiger partial charge in [-0.05, 0) is 6.92 Å². The molecule has 184 valence electrons. The SMILES string of the molecule is CCON=C(C(=O)NC1C(=O)N2C(C(=O)[O-])=C(C[n+]3ccc(OC)cc3)CS[C@H]12)c1nsc(N)n1. The van der Waals surface area contributed by atoms with Gasteiger partial charge in [0.1, 0.15) is 23.8 Å². The zero-order valence-corrected chi connectivity index (χ0v) is 20.3. The number of nitrogens with zero attached hydrogens (tertiary/aromatic N) is 5. The van der Waals surface area contributed by atoms with Crippen molar-refractivity contribution in [2.75, 3.05) is 25.2 Å². The fourth-order valence-electron chi connectivity index (χ4n) is 3.55. The topological polar surface area (TPSA) is 176 Å². The van der Waals surface area contributed by atoms with E-state index in [1.165, 1.54) is 11.8 Å². The van der Waals surface area contributed by atoms with Crippen molar-refractivity contribution >= 4 is 51.9 Å². The number of hydrogen-bond acceptors (Lipinski definition) is 12. The lowest BCUT2D eigenvalue weighted by atomic mass is 10.0. The standard InChI is InChI=1S/C20H21N7O6S2/c1-3-33-24-12(15-23-20(21)35-25-15)16(28)22-13-17(29)27-14(19(30)31)10(9-34-18(13)27)8-26-6-4-11(32-2)5-7-26/h4-7,13,18H,3,8-9H2,1-2H3,(H3-,21,22,23,25,28,30,31)/t13?,18-/m1/s1. The number of carbonyl (C=O) groups excluding carboxylic acids is 3. The van der Waals surface area contributed by atoms with E-state index >= 15 is 0 Å². The highest BCUT2D eigenvalue weighted by Crippen LogP contribution is 2.40. The minimum Gasteiger partial charge on any atom is -0.543 e. The molecular formula is C20H21N7O6S2. The van der Waals surface area contributed by atoms with Gasteiger partial charge in [0, 0.05) is 35.0 Å². The third-order valence-corrected chi connectivity index (χ3v) is 7.03. The third kappa shape index (κ3) is 4.90. The first-order valence-electron chi connectivity index (χ1n) is 10.4. The summed E-state index contributed by atoms with van der Waals surface area (Å²) in [4.78, 5) is 47.9. The molecule has 1 unspecified atom stereocenters. The van der Waals surface area contributed by atoms with Crippen LogP contribution in [-0.4, -0.2) is 68.6 Å². The summed E-state index contributed by atoms with van der Waals surface area (Å²) in [7, 11) is 1.55. The highest BCUT2D eigenvalue weighted by Gasteiger charge is 2.53. The number of carboxylic acid groups (broad SMARTS) is 1. The molecule has 0 aliphatic carbocycles. The lowest BCUT2D eigenvalue weighted by Crippen LogP contribution is -2.71. The lowest BCUT2D eigenvalue weighted by Gasteiger charge is -2.50. The van der Waals surface area contributed by atoms with E-state index in [4.69, 9.17) is 15.3 Å². The van der Waals surface area contributed by atoms with E-state index in [2.05, 4.69) is 19.8 Å². The number of pyridine rings is 1. The largest absolute Gasteiger partial charge is 0.543 e. The van der Waals surface area contributed by atoms with Crippen LogP contribution >= 0.6 is 23.3 Å². The Kier molecular flexibility index (Phi) is 7.16. The summed E-state index contributed by atoms with van der Waals surface area (Å²) in [6.45, 7) is 2.12. The Morgan fingerprint density at radius 2 is 2.14 bits per heavy atom. The molecule has 4 heterocycles. The number of thioether (sulfide) groups is 1. The fourth-order valence-corrected chi connectivity index (χ4v) is 5.32. The van der Waals surface area contributed by atoms with Crippen molar-refractivity contribution in [2.24, 2.45) is 5.16 Å². The number of carbonyl (C=O) groups is 3. The van der Waals surface area contributed by atoms with Gasteiger partial charge in [0.2, 0.25) is 11.5 Å². The predicted molar refractivity (Wildman–Crippen MR) is 123 cm³/mol. The Hall–Kier alpha value is -3.72. The van der Waals surface area contributed by atoms with E-state index in [-0.39, 0.29) is 35.5 Å². The summed E-state index contributed by atoms with van der Waals surface area (Å²) in [6, 6.07) is 2.51. The number of rotatable bonds is 9. The number of nitrogens with two attached hydrogens (primary N) is 1. The number of amides is 2. The van der Waals surface area contributed by atoms with Gasteiger partial charge in [-0.1, -0.05) is 5.16 Å². The Bertz CT molecular complexity index is 1210. The summed E-state index contributed by atoms with van der Waals surface area (Å²) in [6.07, 6.45) is 3.49. The molecule has 0 spiro atoms. The summed E-state index contributed by atoms with van der Waals surface area (Å²) >= 11 is 2.22. The molecule has 2 aromatic heterocycles. The molecule has 2 aliphatic rings. The number of carboxylic acids is 1. The Morgan fingerprint density at radius 1 is 1.40 bits per heavy atom. The first-order chi connectivity index (χ1) is 16.8. The van der Waals surface area contributed by atoms with E-state index in [0.717, 1.165) is 16.4 Å². The Labute approximate surface area is 207 Å². The first-order valence-corrected chi connectivity index (χ1v) is 12.2. The zero-order chi connectivity index (χ0) is 25.1. The average Bonchev–Trinajstić information content (AvgIpc) is 3.28. The number of hydrogen-bond donors (Lipinski definition) is 2. The van der Waals surface area contributed by atoms with E-state index in [1.807, 2.05) is 0 Å². The van der Waals surface area contributed by atoms with Gasteiger partial charge in [0.05, 0.1) is 18.8 Å². The van der Waals surface area contributed by atoms with Crippen LogP contribution in [0.4, 0.5) is 5.13 Å². The van der Waals surface area contributed by atoms with E-state index < -0.39 is 29.2 Å². The van der Waals surface area contributed by atoms with Gasteiger partial charge < -0.3 is 30.5 Å². The van der Waals surface area contributed by atoms with Gasteiger partial charge in [-0.25, -0.2) is 4.57 Å². The molecule has 2 aliphatic heterocycles. The molecule has 2 atom stereocenters. The van der Waals surface area contributed by atoms with Crippen LogP contribution in [0.3, 0.4) is 0 Å². The van der Waals surface area contributed by atoms with Crippen LogP contribution in [0, 0.1) is 0 Å². The van der Waals surface area contributed by atoms with Gasteiger partial charge in [-0.3, -0.25) is 14.5 Å². The van der Waals surface area contributed by atoms with Crippen LogP contribution in [0.25, 0.3) is 0 Å². The second-order valence-corrected chi connectivity index (χ2v) is 9.21. The number of nitrogen functional groups attached to an aromatic ring is 1. The van der Waals surface area contributed by atoms with Crippen molar-refractivity contribution in [3.8, 4) is 5.75 Å². The maximum atomic E-state index is 12.9. The molecule has 0 radical (unpaired) electrons. The number of ether oxygens (including phenoxy) is 1. The van der Waals surface area contributed by atoms with Gasteiger partial charge in [0.25, 0.3) is 11.8 Å². The van der Waals surface area contributed by atoms with Crippen LogP contribution < -0.4 is 25.5 Å². The Balaban J connectivity index is 1.52. The van der Waals surface area contributed by atoms with E-state index in [1.54, 1.807) is 43.1 Å². The van der Waals surface area contributed by atoms with E-state index in [0.29, 0.717) is 17.1 Å². The van der Waals surface area contributed by atoms with Crippen molar-refractivity contribution in [1.82, 2.24) is 19.6 Å². The molecular weight excluding hydrogens is 498 g/mol.